The van der Waals surface area contributed by atoms with E-state index >= 15 is 0 Å². The lowest BCUT2D eigenvalue weighted by molar-refractivity contribution is 0.0691. The third kappa shape index (κ3) is 3.61. The third-order valence-electron chi connectivity index (χ3n) is 3.00. The van der Waals surface area contributed by atoms with Crippen molar-refractivity contribution in [2.24, 2.45) is 0 Å². The fourth-order valence-electron chi connectivity index (χ4n) is 1.88. The number of ether oxygens (including phenoxy) is 1. The Bertz CT molecular complexity index is 656. The smallest absolute Gasteiger partial charge is 0.339 e. The second kappa shape index (κ2) is 5.85. The van der Waals surface area contributed by atoms with Gasteiger partial charge < -0.3 is 9.84 Å². The Morgan fingerprint density at radius 1 is 1.38 bits per heavy atom. The van der Waals surface area contributed by atoms with Gasteiger partial charge >= 0.3 is 5.97 Å². The van der Waals surface area contributed by atoms with Crippen LogP contribution >= 0.6 is 11.3 Å². The van der Waals surface area contributed by atoms with E-state index < -0.39 is 5.97 Å². The summed E-state index contributed by atoms with van der Waals surface area (Å²) in [5, 5.41) is 12.2. The second-order valence-corrected chi connectivity index (χ2v) is 6.80. The first-order valence-electron chi connectivity index (χ1n) is 6.69. The van der Waals surface area contributed by atoms with Crippen LogP contribution in [0.4, 0.5) is 0 Å². The highest BCUT2D eigenvalue weighted by molar-refractivity contribution is 7.09. The normalized spacial score (nSPS) is 11.4. The Morgan fingerprint density at radius 3 is 2.67 bits per heavy atom. The number of carboxylic acids is 1. The standard InChI is InChI=1S/C16H19NO3S/c1-10-6-5-7-12(14(18)19)13(10)20-8-11-9-21-15(17-11)16(2,3)4/h5-7,9H,8H2,1-4H3,(H,18,19). The summed E-state index contributed by atoms with van der Waals surface area (Å²) < 4.78 is 5.70. The van der Waals surface area contributed by atoms with Crippen molar-refractivity contribution in [2.75, 3.05) is 0 Å². The number of hydrogen-bond acceptors (Lipinski definition) is 4. The first kappa shape index (κ1) is 15.5. The number of rotatable bonds is 4. The summed E-state index contributed by atoms with van der Waals surface area (Å²) in [5.74, 6) is -0.572. The molecule has 0 saturated heterocycles. The van der Waals surface area contributed by atoms with Gasteiger partial charge in [-0.3, -0.25) is 0 Å². The molecular weight excluding hydrogens is 286 g/mol. The van der Waals surface area contributed by atoms with E-state index in [1.807, 2.05) is 18.4 Å². The highest BCUT2D eigenvalue weighted by Crippen LogP contribution is 2.27. The molecule has 4 nitrogen and oxygen atoms in total. The van der Waals surface area contributed by atoms with E-state index in [0.29, 0.717) is 5.75 Å². The van der Waals surface area contributed by atoms with Gasteiger partial charge in [0.2, 0.25) is 0 Å². The molecule has 0 spiro atoms. The van der Waals surface area contributed by atoms with Crippen LogP contribution in [-0.2, 0) is 12.0 Å². The first-order valence-corrected chi connectivity index (χ1v) is 7.57. The number of thiazole rings is 1. The van der Waals surface area contributed by atoms with E-state index in [9.17, 15) is 9.90 Å². The van der Waals surface area contributed by atoms with E-state index in [1.165, 1.54) is 0 Å². The number of aryl methyl sites for hydroxylation is 1. The number of hydrogen-bond donors (Lipinski definition) is 1. The number of carbonyl (C=O) groups is 1. The molecule has 1 heterocycles. The molecule has 2 aromatic rings. The van der Waals surface area contributed by atoms with Crippen LogP contribution in [0, 0.1) is 6.92 Å². The van der Waals surface area contributed by atoms with Gasteiger partial charge in [0.25, 0.3) is 0 Å². The molecule has 0 radical (unpaired) electrons. The van der Waals surface area contributed by atoms with Crippen LogP contribution in [-0.4, -0.2) is 16.1 Å². The van der Waals surface area contributed by atoms with Crippen LogP contribution in [0.15, 0.2) is 23.6 Å². The van der Waals surface area contributed by atoms with Gasteiger partial charge in [0.15, 0.2) is 0 Å². The minimum Gasteiger partial charge on any atom is -0.486 e. The molecule has 5 heteroatoms. The maximum Gasteiger partial charge on any atom is 0.339 e. The average molecular weight is 305 g/mol. The number of benzene rings is 1. The van der Waals surface area contributed by atoms with Gasteiger partial charge in [-0.15, -0.1) is 11.3 Å². The van der Waals surface area contributed by atoms with Crippen molar-refractivity contribution < 1.29 is 14.6 Å². The number of aromatic carboxylic acids is 1. The molecule has 0 fully saturated rings. The number of aromatic nitrogens is 1. The fourth-order valence-corrected chi connectivity index (χ4v) is 2.77. The molecule has 1 aromatic heterocycles. The van der Waals surface area contributed by atoms with Crippen LogP contribution in [0.25, 0.3) is 0 Å². The lowest BCUT2D eigenvalue weighted by Crippen LogP contribution is -2.11. The largest absolute Gasteiger partial charge is 0.486 e. The van der Waals surface area contributed by atoms with Gasteiger partial charge in [-0.05, 0) is 18.6 Å². The van der Waals surface area contributed by atoms with Crippen LogP contribution in [0.5, 0.6) is 5.75 Å². The zero-order chi connectivity index (χ0) is 15.6. The minimum absolute atomic E-state index is 0.0117. The van der Waals surface area contributed by atoms with E-state index in [0.717, 1.165) is 16.3 Å². The Kier molecular flexibility index (Phi) is 4.32. The second-order valence-electron chi connectivity index (χ2n) is 5.94. The Labute approximate surface area is 128 Å². The van der Waals surface area contributed by atoms with E-state index in [-0.39, 0.29) is 17.6 Å². The molecule has 112 valence electrons. The molecule has 1 N–H and O–H groups in total. The highest BCUT2D eigenvalue weighted by Gasteiger charge is 2.19. The van der Waals surface area contributed by atoms with Gasteiger partial charge in [-0.2, -0.15) is 0 Å². The molecule has 0 unspecified atom stereocenters. The van der Waals surface area contributed by atoms with Gasteiger partial charge in [-0.1, -0.05) is 32.9 Å². The SMILES string of the molecule is Cc1cccc(C(=O)O)c1OCc1csc(C(C)(C)C)n1. The molecule has 0 saturated carbocycles. The van der Waals surface area contributed by atoms with Crippen LogP contribution in [0.2, 0.25) is 0 Å². The molecular formula is C16H19NO3S. The minimum atomic E-state index is -0.984. The Balaban J connectivity index is 2.17. The summed E-state index contributed by atoms with van der Waals surface area (Å²) in [6, 6.07) is 5.10. The number of nitrogens with zero attached hydrogens (tertiary/aromatic N) is 1. The first-order chi connectivity index (χ1) is 9.79. The van der Waals surface area contributed by atoms with Crippen molar-refractivity contribution in [1.29, 1.82) is 0 Å². The van der Waals surface area contributed by atoms with Gasteiger partial charge in [0.1, 0.15) is 17.9 Å². The van der Waals surface area contributed by atoms with Crippen molar-refractivity contribution in [3.8, 4) is 5.75 Å². The summed E-state index contributed by atoms with van der Waals surface area (Å²) in [6.07, 6.45) is 0. The Morgan fingerprint density at radius 2 is 2.10 bits per heavy atom. The van der Waals surface area contributed by atoms with E-state index in [4.69, 9.17) is 4.74 Å². The van der Waals surface area contributed by atoms with Gasteiger partial charge in [0.05, 0.1) is 10.7 Å². The molecule has 2 rings (SSSR count). The van der Waals surface area contributed by atoms with Gasteiger partial charge in [-0.25, -0.2) is 9.78 Å². The zero-order valence-electron chi connectivity index (χ0n) is 12.6. The molecule has 0 amide bonds. The third-order valence-corrected chi connectivity index (χ3v) is 4.32. The molecule has 1 aromatic carbocycles. The maximum atomic E-state index is 11.2. The zero-order valence-corrected chi connectivity index (χ0v) is 13.5. The lowest BCUT2D eigenvalue weighted by atomic mass is 9.98. The summed E-state index contributed by atoms with van der Waals surface area (Å²) in [4.78, 5) is 15.8. The molecule has 0 aliphatic carbocycles. The summed E-state index contributed by atoms with van der Waals surface area (Å²) in [5.41, 5.74) is 1.82. The number of carboxylic acid groups (broad SMARTS) is 1. The predicted molar refractivity (Wildman–Crippen MR) is 83.3 cm³/mol. The van der Waals surface area contributed by atoms with Crippen molar-refractivity contribution in [3.05, 3.63) is 45.4 Å². The topological polar surface area (TPSA) is 59.4 Å². The summed E-state index contributed by atoms with van der Waals surface area (Å²) >= 11 is 1.60. The van der Waals surface area contributed by atoms with Crippen molar-refractivity contribution >= 4 is 17.3 Å². The van der Waals surface area contributed by atoms with Crippen molar-refractivity contribution in [1.82, 2.24) is 4.98 Å². The lowest BCUT2D eigenvalue weighted by Gasteiger charge is -2.14. The van der Waals surface area contributed by atoms with Crippen LogP contribution in [0.3, 0.4) is 0 Å². The number of para-hydroxylation sites is 1. The maximum absolute atomic E-state index is 11.2. The predicted octanol–water partition coefficient (Wildman–Crippen LogP) is 4.03. The van der Waals surface area contributed by atoms with Crippen molar-refractivity contribution in [3.63, 3.8) is 0 Å². The molecule has 0 aliphatic rings. The van der Waals surface area contributed by atoms with E-state index in [2.05, 4.69) is 25.8 Å². The molecule has 0 aliphatic heterocycles. The van der Waals surface area contributed by atoms with E-state index in [1.54, 1.807) is 23.5 Å². The quantitative estimate of drug-likeness (QED) is 0.926. The summed E-state index contributed by atoms with van der Waals surface area (Å²) in [6.45, 7) is 8.45. The molecule has 21 heavy (non-hydrogen) atoms. The Hall–Kier alpha value is -1.88. The fraction of sp³-hybridized carbons (Fsp3) is 0.375. The average Bonchev–Trinajstić information content (AvgIpc) is 2.85. The van der Waals surface area contributed by atoms with Crippen LogP contribution < -0.4 is 4.74 Å². The highest BCUT2D eigenvalue weighted by atomic mass is 32.1. The molecule has 0 atom stereocenters. The van der Waals surface area contributed by atoms with Crippen LogP contribution in [0.1, 0.15) is 47.4 Å². The molecule has 0 bridgehead atoms. The summed E-state index contributed by atoms with van der Waals surface area (Å²) in [7, 11) is 0. The van der Waals surface area contributed by atoms with Gasteiger partial charge in [0, 0.05) is 10.8 Å². The monoisotopic (exact) mass is 305 g/mol. The van der Waals surface area contributed by atoms with Crippen molar-refractivity contribution in [2.45, 2.75) is 39.7 Å².